The second-order valence-corrected chi connectivity index (χ2v) is 2.16. The first-order valence-electron chi connectivity index (χ1n) is 2.73. The van der Waals surface area contributed by atoms with Gasteiger partial charge in [0.15, 0.2) is 0 Å². The van der Waals surface area contributed by atoms with Crippen molar-refractivity contribution in [1.29, 1.82) is 10.5 Å². The van der Waals surface area contributed by atoms with Gasteiger partial charge in [-0.05, 0) is 6.07 Å². The third kappa shape index (κ3) is 1.46. The smallest absolute Gasteiger partial charge is 0.130 e. The Balaban J connectivity index is 3.34. The Bertz CT molecular complexity index is 359. The molecule has 1 rings (SSSR count). The average Bonchev–Trinajstić information content (AvgIpc) is 2.04. The van der Waals surface area contributed by atoms with Crippen LogP contribution in [0.1, 0.15) is 11.1 Å². The van der Waals surface area contributed by atoms with Crippen LogP contribution in [0.5, 0.6) is 0 Å². The number of nitrogens with zero attached hydrogens (tertiary/aromatic N) is 3. The SMILES string of the molecule is N#Cc1cnc(Cl)cc1C#N. The molecule has 4 heteroatoms. The fraction of sp³-hybridized carbons (Fsp3) is 0. The standard InChI is InChI=1S/C7H2ClN3/c8-7-1-5(2-9)6(3-10)4-11-7/h1,4H. The van der Waals surface area contributed by atoms with E-state index in [-0.39, 0.29) is 16.3 Å². The van der Waals surface area contributed by atoms with E-state index in [1.807, 2.05) is 12.1 Å². The molecule has 0 spiro atoms. The zero-order chi connectivity index (χ0) is 8.27. The summed E-state index contributed by atoms with van der Waals surface area (Å²) in [6, 6.07) is 5.03. The van der Waals surface area contributed by atoms with Crippen molar-refractivity contribution in [1.82, 2.24) is 4.98 Å². The summed E-state index contributed by atoms with van der Waals surface area (Å²) in [5.74, 6) is 0. The predicted molar refractivity (Wildman–Crippen MR) is 38.7 cm³/mol. The maximum absolute atomic E-state index is 8.49. The highest BCUT2D eigenvalue weighted by Gasteiger charge is 2.01. The van der Waals surface area contributed by atoms with Gasteiger partial charge in [-0.25, -0.2) is 4.98 Å². The van der Waals surface area contributed by atoms with Gasteiger partial charge in [-0.1, -0.05) is 11.6 Å². The minimum absolute atomic E-state index is 0.223. The zero-order valence-electron chi connectivity index (χ0n) is 5.37. The lowest BCUT2D eigenvalue weighted by molar-refractivity contribution is 1.28. The number of hydrogen-bond acceptors (Lipinski definition) is 3. The van der Waals surface area contributed by atoms with Crippen LogP contribution < -0.4 is 0 Å². The largest absolute Gasteiger partial charge is 0.243 e. The molecular weight excluding hydrogens is 162 g/mol. The maximum atomic E-state index is 8.49. The normalized spacial score (nSPS) is 8.27. The Kier molecular flexibility index (Phi) is 2.06. The van der Waals surface area contributed by atoms with Gasteiger partial charge in [0.05, 0.1) is 11.1 Å². The first kappa shape index (κ1) is 7.53. The third-order valence-electron chi connectivity index (χ3n) is 1.11. The van der Waals surface area contributed by atoms with Crippen LogP contribution >= 0.6 is 11.6 Å². The van der Waals surface area contributed by atoms with Crippen LogP contribution in [0.4, 0.5) is 0 Å². The summed E-state index contributed by atoms with van der Waals surface area (Å²) in [6.07, 6.45) is 1.28. The Morgan fingerprint density at radius 2 is 1.91 bits per heavy atom. The molecule has 0 aliphatic heterocycles. The van der Waals surface area contributed by atoms with E-state index >= 15 is 0 Å². The van der Waals surface area contributed by atoms with Crippen LogP contribution in [0, 0.1) is 22.7 Å². The summed E-state index contributed by atoms with van der Waals surface area (Å²) < 4.78 is 0. The summed E-state index contributed by atoms with van der Waals surface area (Å²) in [5.41, 5.74) is 0.504. The van der Waals surface area contributed by atoms with Gasteiger partial charge in [0.2, 0.25) is 0 Å². The fourth-order valence-electron chi connectivity index (χ4n) is 0.611. The zero-order valence-corrected chi connectivity index (χ0v) is 6.13. The third-order valence-corrected chi connectivity index (χ3v) is 1.32. The molecule has 11 heavy (non-hydrogen) atoms. The van der Waals surface area contributed by atoms with Crippen molar-refractivity contribution < 1.29 is 0 Å². The number of aromatic nitrogens is 1. The van der Waals surface area contributed by atoms with E-state index in [9.17, 15) is 0 Å². The Morgan fingerprint density at radius 1 is 1.27 bits per heavy atom. The van der Waals surface area contributed by atoms with E-state index in [0.29, 0.717) is 0 Å². The molecular formula is C7H2ClN3. The molecule has 0 saturated heterocycles. The van der Waals surface area contributed by atoms with Gasteiger partial charge in [0, 0.05) is 6.20 Å². The first-order valence-corrected chi connectivity index (χ1v) is 3.11. The van der Waals surface area contributed by atoms with Crippen LogP contribution in [-0.2, 0) is 0 Å². The lowest BCUT2D eigenvalue weighted by Crippen LogP contribution is -1.85. The molecule has 3 nitrogen and oxygen atoms in total. The van der Waals surface area contributed by atoms with E-state index in [0.717, 1.165) is 0 Å². The number of hydrogen-bond donors (Lipinski definition) is 0. The molecule has 0 N–H and O–H groups in total. The van der Waals surface area contributed by atoms with Crippen LogP contribution in [0.15, 0.2) is 12.3 Å². The van der Waals surface area contributed by atoms with Gasteiger partial charge in [0.25, 0.3) is 0 Å². The number of halogens is 1. The van der Waals surface area contributed by atoms with Gasteiger partial charge in [-0.3, -0.25) is 0 Å². The molecule has 1 aromatic heterocycles. The molecule has 0 aromatic carbocycles. The molecule has 1 heterocycles. The molecule has 0 saturated carbocycles. The molecule has 1 aromatic rings. The highest BCUT2D eigenvalue weighted by atomic mass is 35.5. The highest BCUT2D eigenvalue weighted by molar-refractivity contribution is 6.29. The Morgan fingerprint density at radius 3 is 2.45 bits per heavy atom. The lowest BCUT2D eigenvalue weighted by Gasteiger charge is -1.91. The molecule has 0 aliphatic rings. The van der Waals surface area contributed by atoms with Crippen LogP contribution in [0.3, 0.4) is 0 Å². The summed E-state index contributed by atoms with van der Waals surface area (Å²) >= 11 is 5.48. The summed E-state index contributed by atoms with van der Waals surface area (Å²) in [4.78, 5) is 3.65. The van der Waals surface area contributed by atoms with E-state index in [2.05, 4.69) is 4.98 Å². The minimum Gasteiger partial charge on any atom is -0.243 e. The van der Waals surface area contributed by atoms with Gasteiger partial charge >= 0.3 is 0 Å². The molecule has 0 amide bonds. The predicted octanol–water partition coefficient (Wildman–Crippen LogP) is 1.48. The van der Waals surface area contributed by atoms with Gasteiger partial charge in [0.1, 0.15) is 17.3 Å². The van der Waals surface area contributed by atoms with Crippen molar-refractivity contribution in [3.8, 4) is 12.1 Å². The molecule has 52 valence electrons. The number of pyridine rings is 1. The monoisotopic (exact) mass is 163 g/mol. The van der Waals surface area contributed by atoms with Gasteiger partial charge < -0.3 is 0 Å². The van der Waals surface area contributed by atoms with E-state index in [4.69, 9.17) is 22.1 Å². The molecule has 0 aliphatic carbocycles. The van der Waals surface area contributed by atoms with Crippen molar-refractivity contribution >= 4 is 11.6 Å². The topological polar surface area (TPSA) is 60.5 Å². The Labute approximate surface area is 68.5 Å². The average molecular weight is 164 g/mol. The van der Waals surface area contributed by atoms with E-state index in [1.165, 1.54) is 12.3 Å². The Hall–Kier alpha value is -1.58. The summed E-state index contributed by atoms with van der Waals surface area (Å²) in [7, 11) is 0. The highest BCUT2D eigenvalue weighted by Crippen LogP contribution is 2.10. The summed E-state index contributed by atoms with van der Waals surface area (Å²) in [6.45, 7) is 0. The van der Waals surface area contributed by atoms with Gasteiger partial charge in [-0.2, -0.15) is 10.5 Å². The van der Waals surface area contributed by atoms with E-state index in [1.54, 1.807) is 0 Å². The molecule has 0 radical (unpaired) electrons. The lowest BCUT2D eigenvalue weighted by atomic mass is 10.2. The van der Waals surface area contributed by atoms with Crippen molar-refractivity contribution in [2.24, 2.45) is 0 Å². The summed E-state index contributed by atoms with van der Waals surface area (Å²) in [5, 5.41) is 17.2. The minimum atomic E-state index is 0.223. The van der Waals surface area contributed by atoms with Crippen molar-refractivity contribution in [2.45, 2.75) is 0 Å². The number of rotatable bonds is 0. The molecule has 0 unspecified atom stereocenters. The van der Waals surface area contributed by atoms with Crippen LogP contribution in [-0.4, -0.2) is 4.98 Å². The van der Waals surface area contributed by atoms with Crippen LogP contribution in [0.25, 0.3) is 0 Å². The van der Waals surface area contributed by atoms with Crippen molar-refractivity contribution in [3.63, 3.8) is 0 Å². The maximum Gasteiger partial charge on any atom is 0.130 e. The van der Waals surface area contributed by atoms with Gasteiger partial charge in [-0.15, -0.1) is 0 Å². The molecule has 0 bridgehead atoms. The quantitative estimate of drug-likeness (QED) is 0.545. The fourth-order valence-corrected chi connectivity index (χ4v) is 0.769. The molecule has 0 atom stereocenters. The van der Waals surface area contributed by atoms with Crippen molar-refractivity contribution in [3.05, 3.63) is 28.5 Å². The second-order valence-electron chi connectivity index (χ2n) is 1.78. The molecule has 0 fully saturated rings. The second kappa shape index (κ2) is 3.01. The first-order chi connectivity index (χ1) is 5.27. The van der Waals surface area contributed by atoms with Crippen molar-refractivity contribution in [2.75, 3.05) is 0 Å². The van der Waals surface area contributed by atoms with Crippen LogP contribution in [0.2, 0.25) is 5.15 Å². The van der Waals surface area contributed by atoms with E-state index < -0.39 is 0 Å². The number of nitriles is 2.